The van der Waals surface area contributed by atoms with Gasteiger partial charge in [0.05, 0.1) is 4.90 Å². The smallest absolute Gasteiger partial charge is 0.243 e. The summed E-state index contributed by atoms with van der Waals surface area (Å²) in [7, 11) is -3.55. The lowest BCUT2D eigenvalue weighted by molar-refractivity contribution is 0.145. The highest BCUT2D eigenvalue weighted by atomic mass is 32.2. The van der Waals surface area contributed by atoms with Crippen molar-refractivity contribution in [3.63, 3.8) is 0 Å². The fourth-order valence-electron chi connectivity index (χ4n) is 3.22. The number of sulfonamides is 1. The molecule has 2 aromatic rings. The van der Waals surface area contributed by atoms with Crippen LogP contribution in [-0.4, -0.2) is 49.8 Å². The summed E-state index contributed by atoms with van der Waals surface area (Å²) in [6.45, 7) is 4.50. The molecule has 134 valence electrons. The Hall–Kier alpha value is -1.76. The van der Waals surface area contributed by atoms with Gasteiger partial charge in [0.1, 0.15) is 5.82 Å². The minimum absolute atomic E-state index is 0.152. The Morgan fingerprint density at radius 1 is 0.960 bits per heavy atom. The highest BCUT2D eigenvalue weighted by Gasteiger charge is 2.29. The van der Waals surface area contributed by atoms with Crippen LogP contribution in [0.3, 0.4) is 0 Å². The topological polar surface area (TPSA) is 40.6 Å². The predicted molar refractivity (Wildman–Crippen MR) is 96.3 cm³/mol. The summed E-state index contributed by atoms with van der Waals surface area (Å²) < 4.78 is 39.8. The van der Waals surface area contributed by atoms with Gasteiger partial charge in [-0.15, -0.1) is 0 Å². The molecule has 1 heterocycles. The number of nitrogens with zero attached hydrogens (tertiary/aromatic N) is 2. The van der Waals surface area contributed by atoms with Crippen LogP contribution in [0.25, 0.3) is 0 Å². The molecule has 1 unspecified atom stereocenters. The molecular formula is C19H23FN2O2S. The monoisotopic (exact) mass is 362 g/mol. The summed E-state index contributed by atoms with van der Waals surface area (Å²) in [6.07, 6.45) is 0.950. The second kappa shape index (κ2) is 7.64. The van der Waals surface area contributed by atoms with E-state index in [1.54, 1.807) is 0 Å². The summed E-state index contributed by atoms with van der Waals surface area (Å²) in [4.78, 5) is 2.48. The average molecular weight is 362 g/mol. The molecule has 1 atom stereocenters. The van der Waals surface area contributed by atoms with Crippen LogP contribution in [0.2, 0.25) is 0 Å². The molecule has 25 heavy (non-hydrogen) atoms. The van der Waals surface area contributed by atoms with E-state index in [1.807, 2.05) is 18.2 Å². The Morgan fingerprint density at radius 2 is 1.56 bits per heavy atom. The van der Waals surface area contributed by atoms with Gasteiger partial charge in [-0.3, -0.25) is 4.90 Å². The molecule has 1 aliphatic rings. The standard InChI is InChI=1S/C19H23FN2O2S/c1-16(15-17-5-3-2-4-6-17)21-11-13-22(14-12-21)25(23,24)19-9-7-18(20)8-10-19/h2-10,16H,11-15H2,1H3. The van der Waals surface area contributed by atoms with Crippen LogP contribution >= 0.6 is 0 Å². The number of halogens is 1. The lowest BCUT2D eigenvalue weighted by Gasteiger charge is -2.37. The molecule has 0 aromatic heterocycles. The molecule has 0 aliphatic carbocycles. The minimum atomic E-state index is -3.55. The molecule has 1 saturated heterocycles. The number of benzene rings is 2. The Morgan fingerprint density at radius 3 is 2.16 bits per heavy atom. The van der Waals surface area contributed by atoms with Crippen molar-refractivity contribution in [1.29, 1.82) is 0 Å². The van der Waals surface area contributed by atoms with E-state index in [0.717, 1.165) is 6.42 Å². The van der Waals surface area contributed by atoms with Gasteiger partial charge in [0, 0.05) is 32.2 Å². The number of hydrogen-bond donors (Lipinski definition) is 0. The van der Waals surface area contributed by atoms with Gasteiger partial charge in [-0.05, 0) is 43.2 Å². The molecule has 1 aliphatic heterocycles. The summed E-state index contributed by atoms with van der Waals surface area (Å²) >= 11 is 0. The van der Waals surface area contributed by atoms with E-state index < -0.39 is 15.8 Å². The molecule has 0 amide bonds. The van der Waals surface area contributed by atoms with E-state index in [-0.39, 0.29) is 4.90 Å². The van der Waals surface area contributed by atoms with E-state index in [2.05, 4.69) is 24.0 Å². The van der Waals surface area contributed by atoms with E-state index in [4.69, 9.17) is 0 Å². The van der Waals surface area contributed by atoms with Crippen molar-refractivity contribution in [3.8, 4) is 0 Å². The van der Waals surface area contributed by atoms with E-state index in [0.29, 0.717) is 32.2 Å². The van der Waals surface area contributed by atoms with Gasteiger partial charge in [0.25, 0.3) is 0 Å². The zero-order valence-corrected chi connectivity index (χ0v) is 15.1. The maximum absolute atomic E-state index is 13.0. The Kier molecular flexibility index (Phi) is 5.51. The first-order valence-electron chi connectivity index (χ1n) is 8.50. The van der Waals surface area contributed by atoms with Crippen LogP contribution in [0, 0.1) is 5.82 Å². The Labute approximate surface area is 148 Å². The number of piperazine rings is 1. The first kappa shape index (κ1) is 18.0. The third-order valence-electron chi connectivity index (χ3n) is 4.72. The van der Waals surface area contributed by atoms with E-state index in [9.17, 15) is 12.8 Å². The summed E-state index contributed by atoms with van der Waals surface area (Å²) in [6, 6.07) is 15.7. The van der Waals surface area contributed by atoms with Gasteiger partial charge in [0.2, 0.25) is 10.0 Å². The summed E-state index contributed by atoms with van der Waals surface area (Å²) in [5, 5.41) is 0. The lowest BCUT2D eigenvalue weighted by Crippen LogP contribution is -2.51. The van der Waals surface area contributed by atoms with Crippen molar-refractivity contribution >= 4 is 10.0 Å². The maximum Gasteiger partial charge on any atom is 0.243 e. The number of hydrogen-bond acceptors (Lipinski definition) is 3. The van der Waals surface area contributed by atoms with Gasteiger partial charge in [0.15, 0.2) is 0 Å². The van der Waals surface area contributed by atoms with Crippen molar-refractivity contribution in [2.75, 3.05) is 26.2 Å². The zero-order chi connectivity index (χ0) is 17.9. The molecule has 6 heteroatoms. The van der Waals surface area contributed by atoms with Gasteiger partial charge < -0.3 is 0 Å². The van der Waals surface area contributed by atoms with Crippen molar-refractivity contribution in [1.82, 2.24) is 9.21 Å². The highest BCUT2D eigenvalue weighted by molar-refractivity contribution is 7.89. The molecule has 2 aromatic carbocycles. The summed E-state index contributed by atoms with van der Waals surface area (Å²) in [5.41, 5.74) is 1.29. The van der Waals surface area contributed by atoms with Crippen molar-refractivity contribution in [2.45, 2.75) is 24.3 Å². The predicted octanol–water partition coefficient (Wildman–Crippen LogP) is 2.76. The van der Waals surface area contributed by atoms with Gasteiger partial charge in [-0.1, -0.05) is 30.3 Å². The van der Waals surface area contributed by atoms with Gasteiger partial charge in [-0.25, -0.2) is 12.8 Å². The van der Waals surface area contributed by atoms with Crippen LogP contribution in [0.1, 0.15) is 12.5 Å². The minimum Gasteiger partial charge on any atom is -0.298 e. The Balaban J connectivity index is 1.60. The molecule has 4 nitrogen and oxygen atoms in total. The molecule has 0 bridgehead atoms. The third-order valence-corrected chi connectivity index (χ3v) is 6.63. The molecule has 0 N–H and O–H groups in total. The zero-order valence-electron chi connectivity index (χ0n) is 14.3. The number of rotatable bonds is 5. The molecule has 3 rings (SSSR count). The van der Waals surface area contributed by atoms with E-state index >= 15 is 0 Å². The van der Waals surface area contributed by atoms with Crippen molar-refractivity contribution in [3.05, 3.63) is 66.0 Å². The Bertz CT molecular complexity index is 786. The quantitative estimate of drug-likeness (QED) is 0.821. The van der Waals surface area contributed by atoms with Crippen molar-refractivity contribution < 1.29 is 12.8 Å². The molecule has 0 spiro atoms. The molecular weight excluding hydrogens is 339 g/mol. The molecule has 0 saturated carbocycles. The van der Waals surface area contributed by atoms with Crippen LogP contribution < -0.4 is 0 Å². The molecule has 1 fully saturated rings. The largest absolute Gasteiger partial charge is 0.298 e. The highest BCUT2D eigenvalue weighted by Crippen LogP contribution is 2.19. The molecule has 0 radical (unpaired) electrons. The average Bonchev–Trinajstić information content (AvgIpc) is 2.63. The van der Waals surface area contributed by atoms with Crippen molar-refractivity contribution in [2.24, 2.45) is 0 Å². The first-order chi connectivity index (χ1) is 12.0. The fourth-order valence-corrected chi connectivity index (χ4v) is 4.65. The van der Waals surface area contributed by atoms with Crippen LogP contribution in [0.15, 0.2) is 59.5 Å². The lowest BCUT2D eigenvalue weighted by atomic mass is 10.1. The van der Waals surface area contributed by atoms with Gasteiger partial charge in [-0.2, -0.15) is 4.31 Å². The maximum atomic E-state index is 13.0. The van der Waals surface area contributed by atoms with E-state index in [1.165, 1.54) is 34.1 Å². The van der Waals surface area contributed by atoms with Crippen LogP contribution in [0.5, 0.6) is 0 Å². The first-order valence-corrected chi connectivity index (χ1v) is 9.94. The third kappa shape index (κ3) is 4.26. The second-order valence-corrected chi connectivity index (χ2v) is 8.37. The normalized spacial score (nSPS) is 18.2. The second-order valence-electron chi connectivity index (χ2n) is 6.43. The SMILES string of the molecule is CC(Cc1ccccc1)N1CCN(S(=O)(=O)c2ccc(F)cc2)CC1. The van der Waals surface area contributed by atoms with Crippen LogP contribution in [0.4, 0.5) is 4.39 Å². The summed E-state index contributed by atoms with van der Waals surface area (Å²) in [5.74, 6) is -0.432. The van der Waals surface area contributed by atoms with Crippen LogP contribution in [-0.2, 0) is 16.4 Å². The van der Waals surface area contributed by atoms with Gasteiger partial charge >= 0.3 is 0 Å². The fraction of sp³-hybridized carbons (Fsp3) is 0.368.